The molecule has 1 heterocycles. The van der Waals surface area contributed by atoms with Crippen LogP contribution in [-0.2, 0) is 4.74 Å². The van der Waals surface area contributed by atoms with E-state index in [1.807, 2.05) is 12.4 Å². The molecule has 1 aromatic heterocycles. The maximum Gasteiger partial charge on any atom is 0.0488 e. The van der Waals surface area contributed by atoms with Crippen molar-refractivity contribution < 1.29 is 4.74 Å². The van der Waals surface area contributed by atoms with Gasteiger partial charge in [-0.25, -0.2) is 0 Å². The molecule has 20 heavy (non-hydrogen) atoms. The summed E-state index contributed by atoms with van der Waals surface area (Å²) in [4.78, 5) is 4.28. The van der Waals surface area contributed by atoms with Crippen LogP contribution < -0.4 is 5.32 Å². The molecule has 2 rings (SSSR count). The van der Waals surface area contributed by atoms with E-state index < -0.39 is 0 Å². The van der Waals surface area contributed by atoms with E-state index in [0.29, 0.717) is 12.0 Å². The zero-order valence-corrected chi connectivity index (χ0v) is 12.6. The number of pyridine rings is 1. The summed E-state index contributed by atoms with van der Waals surface area (Å²) in [5.41, 5.74) is 1.33. The third kappa shape index (κ3) is 3.56. The summed E-state index contributed by atoms with van der Waals surface area (Å²) in [7, 11) is 1.76. The Labute approximate surface area is 121 Å². The number of aromatic nitrogens is 1. The molecule has 0 aliphatic carbocycles. The van der Waals surface area contributed by atoms with Gasteiger partial charge in [0.05, 0.1) is 0 Å². The highest BCUT2D eigenvalue weighted by molar-refractivity contribution is 5.85. The van der Waals surface area contributed by atoms with E-state index in [2.05, 4.69) is 48.4 Å². The lowest BCUT2D eigenvalue weighted by atomic mass is 9.93. The fraction of sp³-hybridized carbons (Fsp3) is 0.471. The van der Waals surface area contributed by atoms with E-state index >= 15 is 0 Å². The molecule has 0 bridgehead atoms. The predicted molar refractivity (Wildman–Crippen MR) is 83.8 cm³/mol. The number of hydrogen-bond donors (Lipinski definition) is 1. The fourth-order valence-electron chi connectivity index (χ4n) is 2.76. The largest absolute Gasteiger partial charge is 0.384 e. The third-order valence-corrected chi connectivity index (χ3v) is 3.63. The maximum absolute atomic E-state index is 5.27. The van der Waals surface area contributed by atoms with Gasteiger partial charge in [-0.3, -0.25) is 4.98 Å². The van der Waals surface area contributed by atoms with Gasteiger partial charge in [-0.15, -0.1) is 0 Å². The topological polar surface area (TPSA) is 34.1 Å². The second-order valence-electron chi connectivity index (χ2n) is 5.35. The summed E-state index contributed by atoms with van der Waals surface area (Å²) in [6, 6.07) is 8.89. The standard InChI is InChI=1S/C17H24N2O/c1-4-19-17(10-13(2)12-20-3)15-7-5-6-14-8-9-18-11-16(14)15/h5-9,11,13,17,19H,4,10,12H2,1-3H3. The molecular formula is C17H24N2O. The Hall–Kier alpha value is -1.45. The van der Waals surface area contributed by atoms with Gasteiger partial charge in [0.25, 0.3) is 0 Å². The minimum absolute atomic E-state index is 0.345. The quantitative estimate of drug-likeness (QED) is 0.837. The Morgan fingerprint density at radius 3 is 2.90 bits per heavy atom. The number of hydrogen-bond acceptors (Lipinski definition) is 3. The second kappa shape index (κ2) is 7.36. The number of fused-ring (bicyclic) bond motifs is 1. The molecule has 1 aromatic carbocycles. The van der Waals surface area contributed by atoms with Gasteiger partial charge in [0, 0.05) is 37.5 Å². The lowest BCUT2D eigenvalue weighted by Gasteiger charge is -2.23. The summed E-state index contributed by atoms with van der Waals surface area (Å²) in [5.74, 6) is 0.524. The Kier molecular flexibility index (Phi) is 5.50. The predicted octanol–water partition coefficient (Wildman–Crippen LogP) is 3.56. The number of ether oxygens (including phenoxy) is 1. The molecule has 2 atom stereocenters. The van der Waals surface area contributed by atoms with Gasteiger partial charge in [-0.2, -0.15) is 0 Å². The minimum Gasteiger partial charge on any atom is -0.384 e. The average molecular weight is 272 g/mol. The van der Waals surface area contributed by atoms with Crippen molar-refractivity contribution in [2.75, 3.05) is 20.3 Å². The first-order valence-corrected chi connectivity index (χ1v) is 7.31. The van der Waals surface area contributed by atoms with Crippen LogP contribution in [0.4, 0.5) is 0 Å². The number of benzene rings is 1. The first-order chi connectivity index (χ1) is 9.76. The lowest BCUT2D eigenvalue weighted by Crippen LogP contribution is -2.24. The summed E-state index contributed by atoms with van der Waals surface area (Å²) in [6.07, 6.45) is 4.88. The van der Waals surface area contributed by atoms with Gasteiger partial charge in [-0.1, -0.05) is 32.0 Å². The Morgan fingerprint density at radius 2 is 2.15 bits per heavy atom. The molecule has 0 aliphatic heterocycles. The molecule has 0 saturated carbocycles. The first-order valence-electron chi connectivity index (χ1n) is 7.31. The Morgan fingerprint density at radius 1 is 1.30 bits per heavy atom. The third-order valence-electron chi connectivity index (χ3n) is 3.63. The van der Waals surface area contributed by atoms with Crippen LogP contribution >= 0.6 is 0 Å². The van der Waals surface area contributed by atoms with Crippen molar-refractivity contribution in [3.63, 3.8) is 0 Å². The zero-order chi connectivity index (χ0) is 14.4. The molecule has 2 unspecified atom stereocenters. The van der Waals surface area contributed by atoms with Crippen LogP contribution in [0.1, 0.15) is 31.9 Å². The van der Waals surface area contributed by atoms with Crippen molar-refractivity contribution in [1.82, 2.24) is 10.3 Å². The molecule has 0 radical (unpaired) electrons. The van der Waals surface area contributed by atoms with Crippen LogP contribution in [0.15, 0.2) is 36.7 Å². The number of methoxy groups -OCH3 is 1. The fourth-order valence-corrected chi connectivity index (χ4v) is 2.76. The van der Waals surface area contributed by atoms with Gasteiger partial charge in [0.1, 0.15) is 0 Å². The molecule has 3 nitrogen and oxygen atoms in total. The Bertz CT molecular complexity index is 536. The number of nitrogens with one attached hydrogen (secondary N) is 1. The highest BCUT2D eigenvalue weighted by atomic mass is 16.5. The smallest absolute Gasteiger partial charge is 0.0488 e. The minimum atomic E-state index is 0.345. The molecule has 0 fully saturated rings. The normalized spacial score (nSPS) is 14.3. The average Bonchev–Trinajstić information content (AvgIpc) is 2.46. The van der Waals surface area contributed by atoms with Crippen molar-refractivity contribution in [3.05, 3.63) is 42.2 Å². The molecule has 108 valence electrons. The number of nitrogens with zero attached hydrogens (tertiary/aromatic N) is 1. The molecule has 1 N–H and O–H groups in total. The van der Waals surface area contributed by atoms with Crippen LogP contribution in [0.5, 0.6) is 0 Å². The van der Waals surface area contributed by atoms with Crippen molar-refractivity contribution in [1.29, 1.82) is 0 Å². The van der Waals surface area contributed by atoms with Gasteiger partial charge < -0.3 is 10.1 Å². The van der Waals surface area contributed by atoms with Gasteiger partial charge >= 0.3 is 0 Å². The van der Waals surface area contributed by atoms with Crippen LogP contribution in [0, 0.1) is 5.92 Å². The van der Waals surface area contributed by atoms with Crippen molar-refractivity contribution in [3.8, 4) is 0 Å². The molecule has 3 heteroatoms. The highest BCUT2D eigenvalue weighted by Crippen LogP contribution is 2.28. The lowest BCUT2D eigenvalue weighted by molar-refractivity contribution is 0.149. The van der Waals surface area contributed by atoms with E-state index in [-0.39, 0.29) is 0 Å². The van der Waals surface area contributed by atoms with E-state index in [1.54, 1.807) is 7.11 Å². The molecule has 2 aromatic rings. The zero-order valence-electron chi connectivity index (χ0n) is 12.6. The number of rotatable bonds is 7. The van der Waals surface area contributed by atoms with Crippen molar-refractivity contribution in [2.45, 2.75) is 26.3 Å². The first kappa shape index (κ1) is 14.9. The SMILES string of the molecule is CCNC(CC(C)COC)c1cccc2ccncc12. The highest BCUT2D eigenvalue weighted by Gasteiger charge is 2.16. The summed E-state index contributed by atoms with van der Waals surface area (Å²) >= 11 is 0. The van der Waals surface area contributed by atoms with Crippen molar-refractivity contribution >= 4 is 10.8 Å². The van der Waals surface area contributed by atoms with Crippen LogP contribution in [0.25, 0.3) is 10.8 Å². The van der Waals surface area contributed by atoms with Gasteiger partial charge in [-0.05, 0) is 35.9 Å². The maximum atomic E-state index is 5.27. The summed E-state index contributed by atoms with van der Waals surface area (Å²) in [5, 5.41) is 6.09. The Balaban J connectivity index is 2.31. The van der Waals surface area contributed by atoms with Crippen LogP contribution in [-0.4, -0.2) is 25.2 Å². The molecule has 0 aliphatic rings. The molecule has 0 saturated heterocycles. The second-order valence-corrected chi connectivity index (χ2v) is 5.35. The van der Waals surface area contributed by atoms with E-state index in [1.165, 1.54) is 16.3 Å². The monoisotopic (exact) mass is 272 g/mol. The van der Waals surface area contributed by atoms with E-state index in [0.717, 1.165) is 19.6 Å². The van der Waals surface area contributed by atoms with Gasteiger partial charge in [0.15, 0.2) is 0 Å². The van der Waals surface area contributed by atoms with Gasteiger partial charge in [0.2, 0.25) is 0 Å². The van der Waals surface area contributed by atoms with Crippen LogP contribution in [0.3, 0.4) is 0 Å². The molecule has 0 spiro atoms. The molecular weight excluding hydrogens is 248 g/mol. The van der Waals surface area contributed by atoms with Crippen molar-refractivity contribution in [2.24, 2.45) is 5.92 Å². The van der Waals surface area contributed by atoms with E-state index in [4.69, 9.17) is 4.74 Å². The van der Waals surface area contributed by atoms with Crippen LogP contribution in [0.2, 0.25) is 0 Å². The van der Waals surface area contributed by atoms with E-state index in [9.17, 15) is 0 Å². The summed E-state index contributed by atoms with van der Waals surface area (Å²) in [6.45, 7) is 6.14. The molecule has 0 amide bonds. The summed E-state index contributed by atoms with van der Waals surface area (Å²) < 4.78 is 5.27.